The summed E-state index contributed by atoms with van der Waals surface area (Å²) in [7, 11) is 0. The van der Waals surface area contributed by atoms with Crippen LogP contribution >= 0.6 is 0 Å². The molecular weight excluding hydrogens is 270 g/mol. The molecule has 0 aliphatic heterocycles. The van der Waals surface area contributed by atoms with Gasteiger partial charge in [-0.3, -0.25) is 9.59 Å². The zero-order valence-corrected chi connectivity index (χ0v) is 12.2. The lowest BCUT2D eigenvalue weighted by Gasteiger charge is -2.30. The van der Waals surface area contributed by atoms with Crippen molar-refractivity contribution < 1.29 is 19.4 Å². The molecule has 21 heavy (non-hydrogen) atoms. The molecule has 1 aromatic carbocycles. The van der Waals surface area contributed by atoms with Crippen molar-refractivity contribution in [3.8, 4) is 5.75 Å². The smallest absolute Gasteiger partial charge is 0.311 e. The lowest BCUT2D eigenvalue weighted by molar-refractivity contribution is -0.150. The van der Waals surface area contributed by atoms with E-state index in [1.165, 1.54) is 12.1 Å². The van der Waals surface area contributed by atoms with Gasteiger partial charge in [0.1, 0.15) is 5.75 Å². The van der Waals surface area contributed by atoms with E-state index in [1.54, 1.807) is 19.1 Å². The average Bonchev–Trinajstić information content (AvgIpc) is 2.48. The second kappa shape index (κ2) is 7.11. The molecule has 0 spiro atoms. The molecule has 1 aliphatic rings. The number of amides is 1. The average molecular weight is 291 g/mol. The molecule has 0 bridgehead atoms. The summed E-state index contributed by atoms with van der Waals surface area (Å²) in [4.78, 5) is 24.2. The van der Waals surface area contributed by atoms with Crippen LogP contribution < -0.4 is 5.32 Å². The Kier molecular flexibility index (Phi) is 5.20. The second-order valence-corrected chi connectivity index (χ2v) is 5.27. The molecule has 2 atom stereocenters. The van der Waals surface area contributed by atoms with E-state index in [0.717, 1.165) is 25.7 Å². The quantitative estimate of drug-likeness (QED) is 0.834. The van der Waals surface area contributed by atoms with Crippen LogP contribution in [0.1, 0.15) is 43.0 Å². The van der Waals surface area contributed by atoms with Crippen LogP contribution in [-0.2, 0) is 9.53 Å². The third-order valence-corrected chi connectivity index (χ3v) is 3.80. The molecule has 2 unspecified atom stereocenters. The van der Waals surface area contributed by atoms with Crippen molar-refractivity contribution in [3.63, 3.8) is 0 Å². The first kappa shape index (κ1) is 15.4. The summed E-state index contributed by atoms with van der Waals surface area (Å²) in [5.74, 6) is -0.599. The molecule has 1 aromatic rings. The van der Waals surface area contributed by atoms with Gasteiger partial charge in [0.05, 0.1) is 12.5 Å². The number of hydrogen-bond donors (Lipinski definition) is 2. The molecule has 0 radical (unpaired) electrons. The number of carbonyl (C=O) groups excluding carboxylic acids is 2. The van der Waals surface area contributed by atoms with E-state index < -0.39 is 0 Å². The normalized spacial score (nSPS) is 21.6. The third kappa shape index (κ3) is 3.97. The highest BCUT2D eigenvalue weighted by atomic mass is 16.5. The summed E-state index contributed by atoms with van der Waals surface area (Å²) >= 11 is 0. The van der Waals surface area contributed by atoms with E-state index in [9.17, 15) is 14.7 Å². The van der Waals surface area contributed by atoms with Crippen LogP contribution in [-0.4, -0.2) is 29.6 Å². The first-order chi connectivity index (χ1) is 10.1. The van der Waals surface area contributed by atoms with Gasteiger partial charge < -0.3 is 15.2 Å². The summed E-state index contributed by atoms with van der Waals surface area (Å²) in [6.45, 7) is 2.14. The highest BCUT2D eigenvalue weighted by Gasteiger charge is 2.33. The maximum atomic E-state index is 12.2. The fourth-order valence-electron chi connectivity index (χ4n) is 2.70. The molecule has 1 amide bonds. The van der Waals surface area contributed by atoms with Crippen LogP contribution in [0.5, 0.6) is 5.75 Å². The zero-order valence-electron chi connectivity index (χ0n) is 12.2. The lowest BCUT2D eigenvalue weighted by Crippen LogP contribution is -2.45. The minimum atomic E-state index is -0.264. The first-order valence-electron chi connectivity index (χ1n) is 7.38. The summed E-state index contributed by atoms with van der Waals surface area (Å²) in [6, 6.07) is 5.89. The van der Waals surface area contributed by atoms with E-state index in [-0.39, 0.29) is 29.6 Å². The van der Waals surface area contributed by atoms with Crippen molar-refractivity contribution in [1.29, 1.82) is 0 Å². The third-order valence-electron chi connectivity index (χ3n) is 3.80. The van der Waals surface area contributed by atoms with Gasteiger partial charge in [-0.05, 0) is 44.0 Å². The first-order valence-corrected chi connectivity index (χ1v) is 7.38. The van der Waals surface area contributed by atoms with Crippen molar-refractivity contribution in [1.82, 2.24) is 5.32 Å². The molecule has 5 heteroatoms. The number of phenolic OH excluding ortho intramolecular Hbond substituents is 1. The van der Waals surface area contributed by atoms with E-state index in [0.29, 0.717) is 12.2 Å². The summed E-state index contributed by atoms with van der Waals surface area (Å²) in [5, 5.41) is 12.2. The van der Waals surface area contributed by atoms with E-state index >= 15 is 0 Å². The molecule has 2 rings (SSSR count). The molecule has 5 nitrogen and oxygen atoms in total. The maximum Gasteiger partial charge on any atom is 0.311 e. The highest BCUT2D eigenvalue weighted by molar-refractivity contribution is 5.94. The number of ether oxygens (including phenoxy) is 1. The van der Waals surface area contributed by atoms with Crippen LogP contribution in [0.2, 0.25) is 0 Å². The molecule has 0 heterocycles. The largest absolute Gasteiger partial charge is 0.508 e. The van der Waals surface area contributed by atoms with Crippen LogP contribution in [0, 0.1) is 5.92 Å². The maximum absolute atomic E-state index is 12.2. The van der Waals surface area contributed by atoms with Gasteiger partial charge in [-0.25, -0.2) is 0 Å². The number of benzene rings is 1. The Labute approximate surface area is 124 Å². The van der Waals surface area contributed by atoms with Crippen molar-refractivity contribution in [3.05, 3.63) is 29.8 Å². The minimum Gasteiger partial charge on any atom is -0.508 e. The Hall–Kier alpha value is -2.04. The number of hydrogen-bond acceptors (Lipinski definition) is 4. The molecule has 1 saturated carbocycles. The standard InChI is InChI=1S/C16H21NO4/c1-2-21-16(20)13-5-3-4-6-14(13)17-15(19)11-7-9-12(18)10-8-11/h7-10,13-14,18H,2-6H2,1H3,(H,17,19). The molecule has 1 fully saturated rings. The Morgan fingerprint density at radius 1 is 1.24 bits per heavy atom. The molecule has 114 valence electrons. The number of rotatable bonds is 4. The van der Waals surface area contributed by atoms with Gasteiger partial charge in [-0.2, -0.15) is 0 Å². The van der Waals surface area contributed by atoms with Crippen molar-refractivity contribution in [2.45, 2.75) is 38.6 Å². The fourth-order valence-corrected chi connectivity index (χ4v) is 2.70. The van der Waals surface area contributed by atoms with Crippen LogP contribution in [0.3, 0.4) is 0 Å². The van der Waals surface area contributed by atoms with Crippen LogP contribution in [0.25, 0.3) is 0 Å². The predicted molar refractivity (Wildman–Crippen MR) is 78.0 cm³/mol. The van der Waals surface area contributed by atoms with Gasteiger partial charge in [0.2, 0.25) is 0 Å². The van der Waals surface area contributed by atoms with Gasteiger partial charge in [0.15, 0.2) is 0 Å². The Balaban J connectivity index is 2.03. The Morgan fingerprint density at radius 2 is 1.90 bits per heavy atom. The van der Waals surface area contributed by atoms with Crippen molar-refractivity contribution in [2.24, 2.45) is 5.92 Å². The minimum absolute atomic E-state index is 0.119. The summed E-state index contributed by atoms with van der Waals surface area (Å²) in [6.07, 6.45) is 3.51. The van der Waals surface area contributed by atoms with Gasteiger partial charge in [-0.15, -0.1) is 0 Å². The van der Waals surface area contributed by atoms with E-state index in [4.69, 9.17) is 4.74 Å². The fraction of sp³-hybridized carbons (Fsp3) is 0.500. The molecule has 0 aromatic heterocycles. The lowest BCUT2D eigenvalue weighted by atomic mass is 9.84. The van der Waals surface area contributed by atoms with Gasteiger partial charge >= 0.3 is 5.97 Å². The molecule has 1 aliphatic carbocycles. The van der Waals surface area contributed by atoms with Crippen molar-refractivity contribution in [2.75, 3.05) is 6.61 Å². The molecule has 0 saturated heterocycles. The van der Waals surface area contributed by atoms with Gasteiger partial charge in [-0.1, -0.05) is 12.8 Å². The Morgan fingerprint density at radius 3 is 2.57 bits per heavy atom. The zero-order chi connectivity index (χ0) is 15.2. The van der Waals surface area contributed by atoms with E-state index in [2.05, 4.69) is 5.32 Å². The highest BCUT2D eigenvalue weighted by Crippen LogP contribution is 2.26. The van der Waals surface area contributed by atoms with Crippen LogP contribution in [0.4, 0.5) is 0 Å². The SMILES string of the molecule is CCOC(=O)C1CCCCC1NC(=O)c1ccc(O)cc1. The number of phenols is 1. The van der Waals surface area contributed by atoms with Crippen LogP contribution in [0.15, 0.2) is 24.3 Å². The van der Waals surface area contributed by atoms with E-state index in [1.807, 2.05) is 0 Å². The molecule has 2 N–H and O–H groups in total. The number of nitrogens with one attached hydrogen (secondary N) is 1. The van der Waals surface area contributed by atoms with Gasteiger partial charge in [0.25, 0.3) is 5.91 Å². The molecular formula is C16H21NO4. The predicted octanol–water partition coefficient (Wildman–Crippen LogP) is 2.24. The van der Waals surface area contributed by atoms with Gasteiger partial charge in [0, 0.05) is 11.6 Å². The monoisotopic (exact) mass is 291 g/mol. The number of aromatic hydroxyl groups is 1. The Bertz CT molecular complexity index is 498. The second-order valence-electron chi connectivity index (χ2n) is 5.27. The number of esters is 1. The summed E-state index contributed by atoms with van der Waals surface area (Å²) < 4.78 is 5.09. The topological polar surface area (TPSA) is 75.6 Å². The number of carbonyl (C=O) groups is 2. The van der Waals surface area contributed by atoms with Crippen molar-refractivity contribution >= 4 is 11.9 Å². The summed E-state index contributed by atoms with van der Waals surface area (Å²) in [5.41, 5.74) is 0.473.